The molecule has 0 fully saturated rings. The second kappa shape index (κ2) is 5.83. The Bertz CT molecular complexity index is 588. The number of thioether (sulfide) groups is 1. The lowest BCUT2D eigenvalue weighted by Gasteiger charge is -2.22. The molecule has 1 aliphatic rings. The van der Waals surface area contributed by atoms with Crippen molar-refractivity contribution in [1.29, 1.82) is 0 Å². The van der Waals surface area contributed by atoms with Gasteiger partial charge < -0.3 is 0 Å². The molecule has 19 heavy (non-hydrogen) atoms. The van der Waals surface area contributed by atoms with Crippen LogP contribution in [0.1, 0.15) is 31.9 Å². The van der Waals surface area contributed by atoms with E-state index in [1.165, 1.54) is 28.3 Å². The van der Waals surface area contributed by atoms with Crippen LogP contribution in [0.2, 0.25) is 0 Å². The second-order valence-electron chi connectivity index (χ2n) is 5.10. The SMILES string of the molecule is C/C=C\C.CSC1(C)Cc2cccc3cccc1c23. The smallest absolute Gasteiger partial charge is 0.0424 e. The lowest BCUT2D eigenvalue weighted by atomic mass is 10.0. The molecule has 0 amide bonds. The summed E-state index contributed by atoms with van der Waals surface area (Å²) in [4.78, 5) is 0. The maximum absolute atomic E-state index is 2.35. The van der Waals surface area contributed by atoms with Crippen molar-refractivity contribution in [2.75, 3.05) is 6.26 Å². The van der Waals surface area contributed by atoms with Gasteiger partial charge in [-0.15, -0.1) is 0 Å². The van der Waals surface area contributed by atoms with Crippen molar-refractivity contribution in [2.24, 2.45) is 0 Å². The topological polar surface area (TPSA) is 0 Å². The summed E-state index contributed by atoms with van der Waals surface area (Å²) in [5.41, 5.74) is 3.03. The summed E-state index contributed by atoms with van der Waals surface area (Å²) in [5, 5.41) is 2.89. The van der Waals surface area contributed by atoms with Gasteiger partial charge in [0.05, 0.1) is 0 Å². The van der Waals surface area contributed by atoms with Crippen LogP contribution in [0.15, 0.2) is 48.6 Å². The van der Waals surface area contributed by atoms with Crippen molar-refractivity contribution < 1.29 is 0 Å². The molecule has 100 valence electrons. The highest BCUT2D eigenvalue weighted by Crippen LogP contribution is 2.47. The van der Waals surface area contributed by atoms with Crippen molar-refractivity contribution in [1.82, 2.24) is 0 Å². The van der Waals surface area contributed by atoms with E-state index >= 15 is 0 Å². The van der Waals surface area contributed by atoms with Gasteiger partial charge in [0.15, 0.2) is 0 Å². The number of hydrogen-bond acceptors (Lipinski definition) is 1. The molecule has 0 saturated carbocycles. The monoisotopic (exact) mass is 270 g/mol. The fraction of sp³-hybridized carbons (Fsp3) is 0.333. The standard InChI is InChI=1S/C14H14S.C4H8/c1-14(15-2)9-11-7-3-5-10-6-4-8-12(14)13(10)11;1-3-4-2/h3-8H,9H2,1-2H3;3-4H,1-2H3/b;4-3-. The quantitative estimate of drug-likeness (QED) is 0.612. The zero-order valence-electron chi connectivity index (χ0n) is 12.2. The minimum atomic E-state index is 0.281. The largest absolute Gasteiger partial charge is 0.154 e. The molecule has 2 aromatic rings. The first-order chi connectivity index (χ1) is 9.16. The highest BCUT2D eigenvalue weighted by Gasteiger charge is 2.34. The first-order valence-corrected chi connectivity index (χ1v) is 8.02. The Kier molecular flexibility index (Phi) is 4.36. The summed E-state index contributed by atoms with van der Waals surface area (Å²) in [7, 11) is 0. The molecular formula is C18H22S. The van der Waals surface area contributed by atoms with E-state index in [0.29, 0.717) is 0 Å². The van der Waals surface area contributed by atoms with Crippen LogP contribution in [0.5, 0.6) is 0 Å². The number of rotatable bonds is 1. The van der Waals surface area contributed by atoms with Gasteiger partial charge in [-0.25, -0.2) is 0 Å². The third-order valence-electron chi connectivity index (χ3n) is 3.87. The van der Waals surface area contributed by atoms with Gasteiger partial charge in [0.25, 0.3) is 0 Å². The molecule has 0 nitrogen and oxygen atoms in total. The van der Waals surface area contributed by atoms with E-state index in [1.807, 2.05) is 37.8 Å². The van der Waals surface area contributed by atoms with Crippen molar-refractivity contribution >= 4 is 22.5 Å². The van der Waals surface area contributed by atoms with Crippen LogP contribution >= 0.6 is 11.8 Å². The van der Waals surface area contributed by atoms with Gasteiger partial charge in [-0.1, -0.05) is 48.6 Å². The van der Waals surface area contributed by atoms with Gasteiger partial charge in [-0.05, 0) is 55.3 Å². The van der Waals surface area contributed by atoms with Crippen LogP contribution < -0.4 is 0 Å². The van der Waals surface area contributed by atoms with Crippen LogP contribution in [0, 0.1) is 0 Å². The number of hydrogen-bond donors (Lipinski definition) is 0. The minimum Gasteiger partial charge on any atom is -0.154 e. The summed E-state index contributed by atoms with van der Waals surface area (Å²) in [6.07, 6.45) is 7.38. The minimum absolute atomic E-state index is 0.281. The third kappa shape index (κ3) is 2.57. The Labute approximate surface area is 120 Å². The molecule has 0 heterocycles. The summed E-state index contributed by atoms with van der Waals surface area (Å²) < 4.78 is 0.281. The van der Waals surface area contributed by atoms with Crippen molar-refractivity contribution in [3.63, 3.8) is 0 Å². The van der Waals surface area contributed by atoms with Crippen molar-refractivity contribution in [3.05, 3.63) is 59.7 Å². The second-order valence-corrected chi connectivity index (χ2v) is 6.41. The van der Waals surface area contributed by atoms with E-state index in [-0.39, 0.29) is 4.75 Å². The highest BCUT2D eigenvalue weighted by molar-refractivity contribution is 7.99. The normalized spacial score (nSPS) is 20.6. The van der Waals surface area contributed by atoms with Gasteiger partial charge >= 0.3 is 0 Å². The maximum atomic E-state index is 2.35. The van der Waals surface area contributed by atoms with E-state index in [1.54, 1.807) is 0 Å². The molecule has 1 atom stereocenters. The van der Waals surface area contributed by atoms with E-state index < -0.39 is 0 Å². The molecule has 3 rings (SSSR count). The Morgan fingerprint density at radius 1 is 1.05 bits per heavy atom. The summed E-state index contributed by atoms with van der Waals surface area (Å²) in [5.74, 6) is 0. The molecule has 0 spiro atoms. The summed E-state index contributed by atoms with van der Waals surface area (Å²) in [6, 6.07) is 13.3. The van der Waals surface area contributed by atoms with Crippen LogP contribution in [0.25, 0.3) is 10.8 Å². The fourth-order valence-corrected chi connectivity index (χ4v) is 3.34. The highest BCUT2D eigenvalue weighted by atomic mass is 32.2. The average Bonchev–Trinajstić information content (AvgIpc) is 2.75. The van der Waals surface area contributed by atoms with Gasteiger partial charge in [-0.3, -0.25) is 0 Å². The molecule has 2 aromatic carbocycles. The summed E-state index contributed by atoms with van der Waals surface area (Å²) in [6.45, 7) is 6.35. The Balaban J connectivity index is 0.000000297. The molecule has 1 unspecified atom stereocenters. The molecule has 0 bridgehead atoms. The van der Waals surface area contributed by atoms with Crippen LogP contribution in [0.4, 0.5) is 0 Å². The van der Waals surface area contributed by atoms with Crippen molar-refractivity contribution in [3.8, 4) is 0 Å². The summed E-state index contributed by atoms with van der Waals surface area (Å²) >= 11 is 1.96. The van der Waals surface area contributed by atoms with Gasteiger partial charge in [0, 0.05) is 4.75 Å². The molecule has 0 aliphatic heterocycles. The van der Waals surface area contributed by atoms with Gasteiger partial charge in [0.2, 0.25) is 0 Å². The number of benzene rings is 2. The Morgan fingerprint density at radius 2 is 1.68 bits per heavy atom. The molecule has 0 saturated heterocycles. The molecule has 0 radical (unpaired) electrons. The molecule has 1 aliphatic carbocycles. The van der Waals surface area contributed by atoms with E-state index in [0.717, 1.165) is 0 Å². The van der Waals surface area contributed by atoms with E-state index in [9.17, 15) is 0 Å². The molecular weight excluding hydrogens is 248 g/mol. The number of allylic oxidation sites excluding steroid dienone is 2. The third-order valence-corrected chi connectivity index (χ3v) is 5.14. The lowest BCUT2D eigenvalue weighted by Crippen LogP contribution is -2.14. The average molecular weight is 270 g/mol. The first kappa shape index (κ1) is 14.2. The fourth-order valence-electron chi connectivity index (χ4n) is 2.65. The Hall–Kier alpha value is -1.21. The predicted molar refractivity (Wildman–Crippen MR) is 89.0 cm³/mol. The van der Waals surface area contributed by atoms with Gasteiger partial charge in [0.1, 0.15) is 0 Å². The molecule has 1 heteroatoms. The zero-order chi connectivity index (χ0) is 13.9. The van der Waals surface area contributed by atoms with Crippen LogP contribution in [-0.4, -0.2) is 6.26 Å². The van der Waals surface area contributed by atoms with Crippen LogP contribution in [0.3, 0.4) is 0 Å². The van der Waals surface area contributed by atoms with Crippen LogP contribution in [-0.2, 0) is 11.2 Å². The zero-order valence-corrected chi connectivity index (χ0v) is 13.1. The first-order valence-electron chi connectivity index (χ1n) is 6.80. The molecule has 0 aromatic heterocycles. The Morgan fingerprint density at radius 3 is 2.26 bits per heavy atom. The van der Waals surface area contributed by atoms with E-state index in [4.69, 9.17) is 0 Å². The predicted octanol–water partition coefficient (Wildman–Crippen LogP) is 5.56. The lowest BCUT2D eigenvalue weighted by molar-refractivity contribution is 0.724. The maximum Gasteiger partial charge on any atom is 0.0424 e. The van der Waals surface area contributed by atoms with E-state index in [2.05, 4.69) is 49.6 Å². The van der Waals surface area contributed by atoms with Gasteiger partial charge in [-0.2, -0.15) is 11.8 Å². The van der Waals surface area contributed by atoms with Crippen molar-refractivity contribution in [2.45, 2.75) is 31.9 Å². The molecule has 0 N–H and O–H groups in total.